The summed E-state index contributed by atoms with van der Waals surface area (Å²) in [7, 11) is 1.44. The zero-order valence-corrected chi connectivity index (χ0v) is 13.4. The van der Waals surface area contributed by atoms with E-state index in [4.69, 9.17) is 4.74 Å². The summed E-state index contributed by atoms with van der Waals surface area (Å²) in [5.74, 6) is 0.330. The number of aromatic nitrogens is 2. The predicted octanol–water partition coefficient (Wildman–Crippen LogP) is 3.25. The van der Waals surface area contributed by atoms with Crippen molar-refractivity contribution < 1.29 is 14.9 Å². The van der Waals surface area contributed by atoms with E-state index in [1.54, 1.807) is 6.07 Å². The normalized spacial score (nSPS) is 14.5. The van der Waals surface area contributed by atoms with Crippen molar-refractivity contribution in [2.24, 2.45) is 0 Å². The number of phenolic OH excluding ortho intramolecular Hbond substituents is 2. The Hall–Kier alpha value is -2.89. The SMILES string of the molecule is COc1cc(-c2nc3cc(N4CCCC4)ccc3[nH]2)cc(O)c1O. The van der Waals surface area contributed by atoms with Crippen molar-refractivity contribution in [3.05, 3.63) is 30.3 Å². The summed E-state index contributed by atoms with van der Waals surface area (Å²) < 4.78 is 5.09. The van der Waals surface area contributed by atoms with E-state index in [0.29, 0.717) is 11.4 Å². The van der Waals surface area contributed by atoms with Crippen molar-refractivity contribution in [1.29, 1.82) is 0 Å². The molecule has 0 bridgehead atoms. The van der Waals surface area contributed by atoms with Gasteiger partial charge in [0.05, 0.1) is 18.1 Å². The number of hydrogen-bond donors (Lipinski definition) is 3. The van der Waals surface area contributed by atoms with Gasteiger partial charge < -0.3 is 24.8 Å². The number of imidazole rings is 1. The van der Waals surface area contributed by atoms with E-state index in [1.807, 2.05) is 6.07 Å². The second kappa shape index (κ2) is 5.63. The largest absolute Gasteiger partial charge is 0.504 e. The Morgan fingerprint density at radius 3 is 2.67 bits per heavy atom. The predicted molar refractivity (Wildman–Crippen MR) is 92.9 cm³/mol. The second-order valence-electron chi connectivity index (χ2n) is 6.03. The molecule has 2 aromatic carbocycles. The molecule has 0 unspecified atom stereocenters. The highest BCUT2D eigenvalue weighted by atomic mass is 16.5. The van der Waals surface area contributed by atoms with Crippen LogP contribution in [0, 0.1) is 0 Å². The summed E-state index contributed by atoms with van der Waals surface area (Å²) >= 11 is 0. The summed E-state index contributed by atoms with van der Waals surface area (Å²) in [5.41, 5.74) is 3.64. The van der Waals surface area contributed by atoms with Crippen LogP contribution in [0.15, 0.2) is 30.3 Å². The summed E-state index contributed by atoms with van der Waals surface area (Å²) in [6, 6.07) is 9.32. The molecule has 0 amide bonds. The summed E-state index contributed by atoms with van der Waals surface area (Å²) in [4.78, 5) is 10.2. The van der Waals surface area contributed by atoms with Gasteiger partial charge in [0.1, 0.15) is 5.82 Å². The number of anilines is 1. The summed E-state index contributed by atoms with van der Waals surface area (Å²) in [6.45, 7) is 2.18. The fourth-order valence-electron chi connectivity index (χ4n) is 3.19. The lowest BCUT2D eigenvalue weighted by Gasteiger charge is -2.16. The van der Waals surface area contributed by atoms with Gasteiger partial charge in [0.15, 0.2) is 11.5 Å². The van der Waals surface area contributed by atoms with Gasteiger partial charge in [0, 0.05) is 24.3 Å². The van der Waals surface area contributed by atoms with Gasteiger partial charge in [-0.3, -0.25) is 0 Å². The van der Waals surface area contributed by atoms with Crippen molar-refractivity contribution in [3.63, 3.8) is 0 Å². The Morgan fingerprint density at radius 1 is 1.12 bits per heavy atom. The number of benzene rings is 2. The van der Waals surface area contributed by atoms with E-state index < -0.39 is 0 Å². The van der Waals surface area contributed by atoms with E-state index in [1.165, 1.54) is 31.7 Å². The molecule has 0 radical (unpaired) electrons. The average Bonchev–Trinajstić information content (AvgIpc) is 3.25. The molecule has 0 atom stereocenters. The lowest BCUT2D eigenvalue weighted by Crippen LogP contribution is -2.17. The van der Waals surface area contributed by atoms with Crippen molar-refractivity contribution in [2.75, 3.05) is 25.1 Å². The molecule has 1 fully saturated rings. The van der Waals surface area contributed by atoms with Gasteiger partial charge in [0.2, 0.25) is 5.75 Å². The van der Waals surface area contributed by atoms with Gasteiger partial charge in [-0.15, -0.1) is 0 Å². The van der Waals surface area contributed by atoms with E-state index >= 15 is 0 Å². The molecule has 0 aliphatic carbocycles. The lowest BCUT2D eigenvalue weighted by atomic mass is 10.1. The fraction of sp³-hybridized carbons (Fsp3) is 0.278. The minimum absolute atomic E-state index is 0.211. The third-order valence-corrected chi connectivity index (χ3v) is 4.49. The van der Waals surface area contributed by atoms with Crippen molar-refractivity contribution >= 4 is 16.7 Å². The maximum absolute atomic E-state index is 9.86. The van der Waals surface area contributed by atoms with E-state index in [0.717, 1.165) is 24.1 Å². The third-order valence-electron chi connectivity index (χ3n) is 4.49. The maximum atomic E-state index is 9.86. The van der Waals surface area contributed by atoms with Crippen LogP contribution in [0.1, 0.15) is 12.8 Å². The van der Waals surface area contributed by atoms with Crippen LogP contribution in [0.3, 0.4) is 0 Å². The van der Waals surface area contributed by atoms with Crippen molar-refractivity contribution in [1.82, 2.24) is 9.97 Å². The van der Waals surface area contributed by atoms with Gasteiger partial charge >= 0.3 is 0 Å². The Morgan fingerprint density at radius 2 is 1.92 bits per heavy atom. The molecule has 124 valence electrons. The first kappa shape index (κ1) is 14.7. The Kier molecular flexibility index (Phi) is 3.45. The molecule has 1 aliphatic heterocycles. The molecule has 3 N–H and O–H groups in total. The second-order valence-corrected chi connectivity index (χ2v) is 6.03. The number of nitrogens with zero attached hydrogens (tertiary/aromatic N) is 2. The van der Waals surface area contributed by atoms with Crippen LogP contribution in [-0.2, 0) is 0 Å². The van der Waals surface area contributed by atoms with Crippen LogP contribution >= 0.6 is 0 Å². The molecule has 3 aromatic rings. The standard InChI is InChI=1S/C18H19N3O3/c1-24-16-9-11(8-15(22)17(16)23)18-19-13-5-4-12(10-14(13)20-18)21-6-2-3-7-21/h4-5,8-10,22-23H,2-3,6-7H2,1H3,(H,19,20). The molecule has 1 aromatic heterocycles. The Bertz CT molecular complexity index is 898. The number of phenols is 2. The first-order valence-electron chi connectivity index (χ1n) is 8.01. The molecule has 0 spiro atoms. The minimum atomic E-state index is -0.270. The molecule has 0 saturated carbocycles. The van der Waals surface area contributed by atoms with Gasteiger partial charge in [-0.1, -0.05) is 0 Å². The highest BCUT2D eigenvalue weighted by Crippen LogP contribution is 2.39. The van der Waals surface area contributed by atoms with E-state index in [2.05, 4.69) is 27.0 Å². The number of aromatic hydroxyl groups is 2. The van der Waals surface area contributed by atoms with Crippen LogP contribution in [0.4, 0.5) is 5.69 Å². The Balaban J connectivity index is 1.76. The molecular weight excluding hydrogens is 306 g/mol. The summed E-state index contributed by atoms with van der Waals surface area (Å²) in [5, 5.41) is 19.6. The number of fused-ring (bicyclic) bond motifs is 1. The number of nitrogens with one attached hydrogen (secondary N) is 1. The molecule has 6 heteroatoms. The van der Waals surface area contributed by atoms with Gasteiger partial charge in [-0.25, -0.2) is 4.98 Å². The quantitative estimate of drug-likeness (QED) is 0.644. The Labute approximate surface area is 139 Å². The fourth-order valence-corrected chi connectivity index (χ4v) is 3.19. The van der Waals surface area contributed by atoms with Crippen LogP contribution < -0.4 is 9.64 Å². The zero-order valence-electron chi connectivity index (χ0n) is 13.4. The molecule has 2 heterocycles. The average molecular weight is 325 g/mol. The monoisotopic (exact) mass is 325 g/mol. The van der Waals surface area contributed by atoms with Gasteiger partial charge in [0.25, 0.3) is 0 Å². The minimum Gasteiger partial charge on any atom is -0.504 e. The zero-order chi connectivity index (χ0) is 16.7. The van der Waals surface area contributed by atoms with E-state index in [9.17, 15) is 10.2 Å². The van der Waals surface area contributed by atoms with Gasteiger partial charge in [-0.2, -0.15) is 0 Å². The number of aromatic amines is 1. The first-order valence-corrected chi connectivity index (χ1v) is 8.01. The number of ether oxygens (including phenoxy) is 1. The summed E-state index contributed by atoms with van der Waals surface area (Å²) in [6.07, 6.45) is 2.47. The van der Waals surface area contributed by atoms with Crippen LogP contribution in [0.5, 0.6) is 17.2 Å². The highest BCUT2D eigenvalue weighted by molar-refractivity contribution is 5.83. The lowest BCUT2D eigenvalue weighted by molar-refractivity contribution is 0.351. The maximum Gasteiger partial charge on any atom is 0.200 e. The molecule has 4 rings (SSSR count). The van der Waals surface area contributed by atoms with Gasteiger partial charge in [-0.05, 0) is 43.2 Å². The molecular formula is C18H19N3O3. The smallest absolute Gasteiger partial charge is 0.200 e. The van der Waals surface area contributed by atoms with Crippen LogP contribution in [0.2, 0.25) is 0 Å². The number of H-pyrrole nitrogens is 1. The molecule has 6 nitrogen and oxygen atoms in total. The number of methoxy groups -OCH3 is 1. The molecule has 1 aliphatic rings. The topological polar surface area (TPSA) is 81.6 Å². The third kappa shape index (κ3) is 2.40. The van der Waals surface area contributed by atoms with Crippen LogP contribution in [0.25, 0.3) is 22.4 Å². The van der Waals surface area contributed by atoms with Crippen LogP contribution in [-0.4, -0.2) is 40.4 Å². The first-order chi connectivity index (χ1) is 11.7. The van der Waals surface area contributed by atoms with Crippen molar-refractivity contribution in [3.8, 4) is 28.6 Å². The molecule has 1 saturated heterocycles. The highest BCUT2D eigenvalue weighted by Gasteiger charge is 2.16. The number of hydrogen-bond acceptors (Lipinski definition) is 5. The molecule has 24 heavy (non-hydrogen) atoms. The van der Waals surface area contributed by atoms with Crippen molar-refractivity contribution in [2.45, 2.75) is 12.8 Å². The number of rotatable bonds is 3. The van der Waals surface area contributed by atoms with E-state index in [-0.39, 0.29) is 17.2 Å².